The van der Waals surface area contributed by atoms with Crippen molar-refractivity contribution in [3.63, 3.8) is 0 Å². The Labute approximate surface area is 291 Å². The first-order valence-corrected chi connectivity index (χ1v) is 20.7. The first kappa shape index (κ1) is 45.9. The molecule has 0 rings (SSSR count). The van der Waals surface area contributed by atoms with Crippen LogP contribution in [-0.2, 0) is 9.47 Å². The monoisotopic (exact) mass is 653 g/mol. The maximum absolute atomic E-state index is 9.78. The Hall–Kier alpha value is -0.120. The maximum atomic E-state index is 9.78. The van der Waals surface area contributed by atoms with Gasteiger partial charge in [-0.25, -0.2) is 0 Å². The molecule has 0 heterocycles. The molecule has 0 spiro atoms. The number of aliphatic hydroxyl groups is 1. The summed E-state index contributed by atoms with van der Waals surface area (Å²) in [5.74, 6) is 6.57. The van der Waals surface area contributed by atoms with Gasteiger partial charge in [0.1, 0.15) is 6.10 Å². The van der Waals surface area contributed by atoms with E-state index in [4.69, 9.17) is 9.47 Å². The fourth-order valence-electron chi connectivity index (χ4n) is 6.96. The first-order valence-electron chi connectivity index (χ1n) is 20.7. The lowest BCUT2D eigenvalue weighted by atomic mass is 9.91. The fraction of sp³-hybridized carbons (Fsp3) is 1.00. The molecule has 0 aliphatic carbocycles. The van der Waals surface area contributed by atoms with Gasteiger partial charge in [-0.3, -0.25) is 0 Å². The predicted octanol–water partition coefficient (Wildman–Crippen LogP) is 13.3. The summed E-state index contributed by atoms with van der Waals surface area (Å²) in [5, 5.41) is 9.78. The molecule has 46 heavy (non-hydrogen) atoms. The molecule has 0 aromatic carbocycles. The minimum Gasteiger partial charge on any atom is -0.394 e. The van der Waals surface area contributed by atoms with Crippen molar-refractivity contribution in [2.45, 2.75) is 204 Å². The van der Waals surface area contributed by atoms with Crippen LogP contribution in [0.4, 0.5) is 0 Å². The molecular weight excluding hydrogens is 564 g/mol. The second-order valence-electron chi connectivity index (χ2n) is 17.3. The molecule has 1 N–H and O–H groups in total. The molecular formula is C43H88O3. The number of hydrogen-bond acceptors (Lipinski definition) is 3. The van der Waals surface area contributed by atoms with Crippen LogP contribution in [0.5, 0.6) is 0 Å². The molecule has 0 fully saturated rings. The summed E-state index contributed by atoms with van der Waals surface area (Å²) in [6.07, 6.45) is 26.8. The topological polar surface area (TPSA) is 38.7 Å². The number of ether oxygens (including phenoxy) is 2. The van der Waals surface area contributed by atoms with E-state index in [1.54, 1.807) is 0 Å². The van der Waals surface area contributed by atoms with Crippen LogP contribution in [0.25, 0.3) is 0 Å². The molecule has 7 atom stereocenters. The molecule has 0 saturated heterocycles. The summed E-state index contributed by atoms with van der Waals surface area (Å²) in [7, 11) is 0. The van der Waals surface area contributed by atoms with Gasteiger partial charge < -0.3 is 14.6 Å². The van der Waals surface area contributed by atoms with Crippen molar-refractivity contribution in [1.29, 1.82) is 0 Å². The standard InChI is InChI=1S/C43H88O3/c1-35(2)17-11-19-37(5)21-13-23-39(7)25-15-27-41(9)29-31-45-34-43(33-44)46-32-30-42(10)28-16-26-40(8)24-14-22-38(6)20-12-18-36(3)4/h35-44H,11-34H2,1-10H3/t37-,38+,39-,40-,41+,42+,43-/m0/s1. The second kappa shape index (κ2) is 30.9. The molecule has 278 valence electrons. The maximum Gasteiger partial charge on any atom is 0.104 e. The lowest BCUT2D eigenvalue weighted by molar-refractivity contribution is -0.0471. The van der Waals surface area contributed by atoms with Crippen LogP contribution >= 0.6 is 0 Å². The van der Waals surface area contributed by atoms with E-state index in [0.29, 0.717) is 18.4 Å². The van der Waals surface area contributed by atoms with Crippen molar-refractivity contribution in [3.8, 4) is 0 Å². The van der Waals surface area contributed by atoms with E-state index in [1.807, 2.05) is 0 Å². The molecule has 0 unspecified atom stereocenters. The van der Waals surface area contributed by atoms with E-state index in [1.165, 1.54) is 116 Å². The minimum atomic E-state index is -0.186. The third-order valence-corrected chi connectivity index (χ3v) is 10.8. The molecule has 3 nitrogen and oxygen atoms in total. The Morgan fingerprint density at radius 2 is 0.652 bits per heavy atom. The Balaban J connectivity index is 3.77. The van der Waals surface area contributed by atoms with Gasteiger partial charge in [0.15, 0.2) is 0 Å². The van der Waals surface area contributed by atoms with E-state index < -0.39 is 0 Å². The smallest absolute Gasteiger partial charge is 0.104 e. The van der Waals surface area contributed by atoms with E-state index in [9.17, 15) is 5.11 Å². The lowest BCUT2D eigenvalue weighted by Crippen LogP contribution is -2.25. The zero-order valence-electron chi connectivity index (χ0n) is 33.4. The van der Waals surface area contributed by atoms with Gasteiger partial charge in [0.05, 0.1) is 13.2 Å². The zero-order valence-corrected chi connectivity index (χ0v) is 33.4. The molecule has 0 aromatic heterocycles. The average Bonchev–Trinajstić information content (AvgIpc) is 2.98. The Morgan fingerprint density at radius 3 is 0.957 bits per heavy atom. The summed E-state index contributed by atoms with van der Waals surface area (Å²) in [6.45, 7) is 25.9. The third-order valence-electron chi connectivity index (χ3n) is 10.8. The highest BCUT2D eigenvalue weighted by Crippen LogP contribution is 2.24. The van der Waals surface area contributed by atoms with Crippen LogP contribution in [0.15, 0.2) is 0 Å². The fourth-order valence-corrected chi connectivity index (χ4v) is 6.96. The van der Waals surface area contributed by atoms with Gasteiger partial charge in [-0.2, -0.15) is 0 Å². The van der Waals surface area contributed by atoms with E-state index >= 15 is 0 Å². The zero-order chi connectivity index (χ0) is 34.6. The van der Waals surface area contributed by atoms with Gasteiger partial charge in [0, 0.05) is 13.2 Å². The largest absolute Gasteiger partial charge is 0.394 e. The van der Waals surface area contributed by atoms with Gasteiger partial charge in [-0.05, 0) is 60.2 Å². The summed E-state index contributed by atoms with van der Waals surface area (Å²) >= 11 is 0. The molecule has 0 aliphatic rings. The summed E-state index contributed by atoms with van der Waals surface area (Å²) in [5.41, 5.74) is 0. The van der Waals surface area contributed by atoms with Gasteiger partial charge in [-0.15, -0.1) is 0 Å². The Kier molecular flexibility index (Phi) is 30.8. The third kappa shape index (κ3) is 31.2. The molecule has 0 amide bonds. The highest BCUT2D eigenvalue weighted by Gasteiger charge is 2.13. The molecule has 3 heteroatoms. The lowest BCUT2D eigenvalue weighted by Gasteiger charge is -2.19. The van der Waals surface area contributed by atoms with Crippen molar-refractivity contribution >= 4 is 0 Å². The quantitative estimate of drug-likeness (QED) is 0.0703. The molecule has 0 aromatic rings. The predicted molar refractivity (Wildman–Crippen MR) is 205 cm³/mol. The SMILES string of the molecule is CC(C)CCC[C@@H](C)CCC[C@H](C)CCC[C@@H](C)CCO[C@@H](CO)COCC[C@H](C)CCC[C@@H](C)CCC[C@@H](C)CCCC(C)C. The van der Waals surface area contributed by atoms with E-state index in [0.717, 1.165) is 61.6 Å². The second-order valence-corrected chi connectivity index (χ2v) is 17.3. The van der Waals surface area contributed by atoms with Gasteiger partial charge in [0.25, 0.3) is 0 Å². The van der Waals surface area contributed by atoms with Crippen LogP contribution in [0.3, 0.4) is 0 Å². The summed E-state index contributed by atoms with van der Waals surface area (Å²) in [6, 6.07) is 0. The van der Waals surface area contributed by atoms with Gasteiger partial charge in [0.2, 0.25) is 0 Å². The van der Waals surface area contributed by atoms with E-state index in [-0.39, 0.29) is 12.7 Å². The highest BCUT2D eigenvalue weighted by molar-refractivity contribution is 4.64. The Morgan fingerprint density at radius 1 is 0.370 bits per heavy atom. The van der Waals surface area contributed by atoms with Crippen molar-refractivity contribution in [3.05, 3.63) is 0 Å². The van der Waals surface area contributed by atoms with Crippen LogP contribution in [-0.4, -0.2) is 37.6 Å². The van der Waals surface area contributed by atoms with Crippen molar-refractivity contribution in [2.75, 3.05) is 26.4 Å². The van der Waals surface area contributed by atoms with Crippen molar-refractivity contribution in [2.24, 2.45) is 47.3 Å². The highest BCUT2D eigenvalue weighted by atomic mass is 16.5. The molecule has 0 bridgehead atoms. The number of hydrogen-bond donors (Lipinski definition) is 1. The van der Waals surface area contributed by atoms with Crippen LogP contribution in [0.2, 0.25) is 0 Å². The summed E-state index contributed by atoms with van der Waals surface area (Å²) in [4.78, 5) is 0. The van der Waals surface area contributed by atoms with Gasteiger partial charge in [-0.1, -0.05) is 185 Å². The summed E-state index contributed by atoms with van der Waals surface area (Å²) < 4.78 is 11.9. The number of rotatable bonds is 34. The van der Waals surface area contributed by atoms with Crippen molar-refractivity contribution < 1.29 is 14.6 Å². The minimum absolute atomic E-state index is 0.0480. The van der Waals surface area contributed by atoms with Gasteiger partial charge >= 0.3 is 0 Å². The normalized spacial score (nSPS) is 16.9. The van der Waals surface area contributed by atoms with Crippen molar-refractivity contribution in [1.82, 2.24) is 0 Å². The van der Waals surface area contributed by atoms with Crippen LogP contribution < -0.4 is 0 Å². The Bertz CT molecular complexity index is 619. The average molecular weight is 653 g/mol. The van der Waals surface area contributed by atoms with Crippen LogP contribution in [0.1, 0.15) is 198 Å². The molecule has 0 saturated carbocycles. The first-order chi connectivity index (χ1) is 21.9. The molecule has 0 radical (unpaired) electrons. The van der Waals surface area contributed by atoms with Crippen LogP contribution in [0, 0.1) is 47.3 Å². The number of aliphatic hydroxyl groups excluding tert-OH is 1. The molecule has 0 aliphatic heterocycles. The van der Waals surface area contributed by atoms with E-state index in [2.05, 4.69) is 69.2 Å².